The SMILES string of the molecule is CC(C)C(=O)N1CCc2c(nc(N3C[C@@H](C)O[C@@H](C)C3)[nH]c2=O)C1. The summed E-state index contributed by atoms with van der Waals surface area (Å²) < 4.78 is 5.74. The summed E-state index contributed by atoms with van der Waals surface area (Å²) in [5.41, 5.74) is 1.35. The molecule has 0 saturated carbocycles. The number of nitrogens with zero attached hydrogens (tertiary/aromatic N) is 3. The summed E-state index contributed by atoms with van der Waals surface area (Å²) in [5.74, 6) is 0.645. The van der Waals surface area contributed by atoms with E-state index < -0.39 is 0 Å². The van der Waals surface area contributed by atoms with Gasteiger partial charge in [-0.15, -0.1) is 0 Å². The molecule has 1 amide bonds. The van der Waals surface area contributed by atoms with Crippen molar-refractivity contribution in [2.75, 3.05) is 24.5 Å². The number of morpholine rings is 1. The minimum atomic E-state index is -0.0848. The van der Waals surface area contributed by atoms with E-state index in [1.54, 1.807) is 4.90 Å². The van der Waals surface area contributed by atoms with Crippen LogP contribution >= 0.6 is 0 Å². The van der Waals surface area contributed by atoms with Crippen LogP contribution in [0.1, 0.15) is 39.0 Å². The number of hydrogen-bond acceptors (Lipinski definition) is 5. The highest BCUT2D eigenvalue weighted by molar-refractivity contribution is 5.78. The van der Waals surface area contributed by atoms with Gasteiger partial charge in [0, 0.05) is 31.1 Å². The maximum Gasteiger partial charge on any atom is 0.255 e. The second-order valence-corrected chi connectivity index (χ2v) is 7.14. The van der Waals surface area contributed by atoms with Crippen LogP contribution in [-0.2, 0) is 22.5 Å². The molecule has 1 N–H and O–H groups in total. The molecular weight excluding hydrogens is 308 g/mol. The summed E-state index contributed by atoms with van der Waals surface area (Å²) in [6, 6.07) is 0. The first-order chi connectivity index (χ1) is 11.3. The van der Waals surface area contributed by atoms with E-state index in [0.717, 1.165) is 5.69 Å². The molecule has 24 heavy (non-hydrogen) atoms. The van der Waals surface area contributed by atoms with Crippen molar-refractivity contribution in [1.29, 1.82) is 0 Å². The third-order valence-electron chi connectivity index (χ3n) is 4.59. The van der Waals surface area contributed by atoms with Gasteiger partial charge in [-0.25, -0.2) is 4.98 Å². The zero-order valence-corrected chi connectivity index (χ0v) is 14.8. The first kappa shape index (κ1) is 17.0. The van der Waals surface area contributed by atoms with Gasteiger partial charge in [-0.3, -0.25) is 14.6 Å². The fourth-order valence-corrected chi connectivity index (χ4v) is 3.48. The standard InChI is InChI=1S/C17H26N4O3/c1-10(2)16(23)20-6-5-13-14(9-20)18-17(19-15(13)22)21-7-11(3)24-12(4)8-21/h10-12H,5-9H2,1-4H3,(H,18,19,22)/t11-,12+. The molecule has 2 aliphatic rings. The summed E-state index contributed by atoms with van der Waals surface area (Å²) in [7, 11) is 0. The fourth-order valence-electron chi connectivity index (χ4n) is 3.48. The number of nitrogens with one attached hydrogen (secondary N) is 1. The number of carbonyl (C=O) groups excluding carboxylic acids is 1. The van der Waals surface area contributed by atoms with Crippen molar-refractivity contribution < 1.29 is 9.53 Å². The quantitative estimate of drug-likeness (QED) is 0.870. The second kappa shape index (κ2) is 6.55. The van der Waals surface area contributed by atoms with Gasteiger partial charge >= 0.3 is 0 Å². The molecule has 0 spiro atoms. The van der Waals surface area contributed by atoms with Crippen LogP contribution in [0, 0.1) is 5.92 Å². The molecule has 0 unspecified atom stereocenters. The average Bonchev–Trinajstić information content (AvgIpc) is 2.52. The highest BCUT2D eigenvalue weighted by Gasteiger charge is 2.28. The van der Waals surface area contributed by atoms with Crippen LogP contribution < -0.4 is 10.5 Å². The van der Waals surface area contributed by atoms with Crippen LogP contribution in [0.4, 0.5) is 5.95 Å². The molecule has 2 aliphatic heterocycles. The van der Waals surface area contributed by atoms with Crippen LogP contribution in [0.25, 0.3) is 0 Å². The molecular formula is C17H26N4O3. The zero-order chi connectivity index (χ0) is 17.4. The number of hydrogen-bond donors (Lipinski definition) is 1. The lowest BCUT2D eigenvalue weighted by Crippen LogP contribution is -2.47. The van der Waals surface area contributed by atoms with E-state index in [1.807, 2.05) is 27.7 Å². The Labute approximate surface area is 142 Å². The van der Waals surface area contributed by atoms with Crippen LogP contribution in [-0.4, -0.2) is 52.6 Å². The van der Waals surface area contributed by atoms with Gasteiger partial charge in [-0.05, 0) is 20.3 Å². The van der Waals surface area contributed by atoms with Crippen LogP contribution in [0.15, 0.2) is 4.79 Å². The largest absolute Gasteiger partial charge is 0.372 e. The van der Waals surface area contributed by atoms with Gasteiger partial charge in [0.25, 0.3) is 5.56 Å². The summed E-state index contributed by atoms with van der Waals surface area (Å²) in [4.78, 5) is 36.1. The topological polar surface area (TPSA) is 78.5 Å². The molecule has 7 heteroatoms. The summed E-state index contributed by atoms with van der Waals surface area (Å²) >= 11 is 0. The van der Waals surface area contributed by atoms with Crippen molar-refractivity contribution in [3.63, 3.8) is 0 Å². The van der Waals surface area contributed by atoms with E-state index in [0.29, 0.717) is 44.1 Å². The molecule has 1 saturated heterocycles. The number of aromatic amines is 1. The molecule has 0 radical (unpaired) electrons. The maximum absolute atomic E-state index is 12.4. The Kier molecular flexibility index (Phi) is 4.62. The number of rotatable bonds is 2. The minimum absolute atomic E-state index is 0.0473. The molecule has 132 valence electrons. The van der Waals surface area contributed by atoms with Crippen molar-refractivity contribution >= 4 is 11.9 Å². The van der Waals surface area contributed by atoms with Gasteiger partial charge in [0.2, 0.25) is 11.9 Å². The Morgan fingerprint density at radius 3 is 2.58 bits per heavy atom. The number of fused-ring (bicyclic) bond motifs is 1. The Morgan fingerprint density at radius 2 is 1.96 bits per heavy atom. The molecule has 1 aromatic rings. The Hall–Kier alpha value is -1.89. The lowest BCUT2D eigenvalue weighted by molar-refractivity contribution is -0.135. The molecule has 0 aliphatic carbocycles. The molecule has 3 rings (SSSR count). The normalized spacial score (nSPS) is 24.2. The third-order valence-corrected chi connectivity index (χ3v) is 4.59. The van der Waals surface area contributed by atoms with Crippen LogP contribution in [0.3, 0.4) is 0 Å². The van der Waals surface area contributed by atoms with Gasteiger partial charge in [0.15, 0.2) is 0 Å². The number of H-pyrrole nitrogens is 1. The average molecular weight is 334 g/mol. The van der Waals surface area contributed by atoms with Gasteiger partial charge in [-0.1, -0.05) is 13.8 Å². The van der Waals surface area contributed by atoms with E-state index >= 15 is 0 Å². The van der Waals surface area contributed by atoms with E-state index in [4.69, 9.17) is 4.74 Å². The molecule has 1 aromatic heterocycles. The molecule has 7 nitrogen and oxygen atoms in total. The Morgan fingerprint density at radius 1 is 1.29 bits per heavy atom. The summed E-state index contributed by atoms with van der Waals surface area (Å²) in [6.45, 7) is 10.2. The molecule has 0 aromatic carbocycles. The van der Waals surface area contributed by atoms with Crippen LogP contribution in [0.2, 0.25) is 0 Å². The van der Waals surface area contributed by atoms with Crippen molar-refractivity contribution in [2.24, 2.45) is 5.92 Å². The highest BCUT2D eigenvalue weighted by atomic mass is 16.5. The van der Waals surface area contributed by atoms with E-state index in [1.165, 1.54) is 0 Å². The summed E-state index contributed by atoms with van der Waals surface area (Å²) in [5, 5.41) is 0. The number of ether oxygens (including phenoxy) is 1. The first-order valence-corrected chi connectivity index (χ1v) is 8.66. The first-order valence-electron chi connectivity index (χ1n) is 8.66. The molecule has 2 atom stereocenters. The smallest absolute Gasteiger partial charge is 0.255 e. The molecule has 0 bridgehead atoms. The fraction of sp³-hybridized carbons (Fsp3) is 0.706. The Balaban J connectivity index is 1.88. The monoisotopic (exact) mass is 334 g/mol. The minimum Gasteiger partial charge on any atom is -0.372 e. The van der Waals surface area contributed by atoms with E-state index in [-0.39, 0.29) is 29.6 Å². The highest BCUT2D eigenvalue weighted by Crippen LogP contribution is 2.20. The number of carbonyl (C=O) groups is 1. The maximum atomic E-state index is 12.4. The predicted octanol–water partition coefficient (Wildman–Crippen LogP) is 0.924. The third kappa shape index (κ3) is 3.31. The van der Waals surface area contributed by atoms with Gasteiger partial charge in [0.1, 0.15) is 0 Å². The van der Waals surface area contributed by atoms with E-state index in [9.17, 15) is 9.59 Å². The summed E-state index contributed by atoms with van der Waals surface area (Å²) in [6.07, 6.45) is 0.745. The lowest BCUT2D eigenvalue weighted by Gasteiger charge is -2.36. The van der Waals surface area contributed by atoms with Gasteiger partial charge < -0.3 is 14.5 Å². The number of anilines is 1. The van der Waals surface area contributed by atoms with Crippen molar-refractivity contribution in [3.8, 4) is 0 Å². The van der Waals surface area contributed by atoms with Gasteiger partial charge in [-0.2, -0.15) is 0 Å². The lowest BCUT2D eigenvalue weighted by atomic mass is 10.0. The van der Waals surface area contributed by atoms with Crippen molar-refractivity contribution in [1.82, 2.24) is 14.9 Å². The number of amides is 1. The second-order valence-electron chi connectivity index (χ2n) is 7.14. The Bertz CT molecular complexity index is 675. The zero-order valence-electron chi connectivity index (χ0n) is 14.8. The van der Waals surface area contributed by atoms with Crippen molar-refractivity contribution in [3.05, 3.63) is 21.6 Å². The predicted molar refractivity (Wildman–Crippen MR) is 91.0 cm³/mol. The number of aromatic nitrogens is 2. The van der Waals surface area contributed by atoms with E-state index in [2.05, 4.69) is 14.9 Å². The molecule has 3 heterocycles. The van der Waals surface area contributed by atoms with Crippen LogP contribution in [0.5, 0.6) is 0 Å². The van der Waals surface area contributed by atoms with Crippen molar-refractivity contribution in [2.45, 2.75) is 52.9 Å². The molecule has 1 fully saturated rings. The van der Waals surface area contributed by atoms with Gasteiger partial charge in [0.05, 0.1) is 24.4 Å².